The molecule has 4 aromatic carbocycles. The Morgan fingerprint density at radius 2 is 1.48 bits per heavy atom. The third kappa shape index (κ3) is 4.70. The van der Waals surface area contributed by atoms with E-state index in [1.165, 1.54) is 11.1 Å². The van der Waals surface area contributed by atoms with E-state index in [4.69, 9.17) is 9.84 Å². The zero-order chi connectivity index (χ0) is 22.5. The summed E-state index contributed by atoms with van der Waals surface area (Å²) in [6.07, 6.45) is 2.75. The van der Waals surface area contributed by atoms with Crippen LogP contribution in [0.1, 0.15) is 29.2 Å². The third-order valence-electron chi connectivity index (χ3n) is 5.79. The van der Waals surface area contributed by atoms with Crippen molar-refractivity contribution >= 4 is 23.3 Å². The third-order valence-corrected chi connectivity index (χ3v) is 5.79. The lowest BCUT2D eigenvalue weighted by molar-refractivity contribution is 0.415. The van der Waals surface area contributed by atoms with Gasteiger partial charge in [0.05, 0.1) is 30.2 Å². The summed E-state index contributed by atoms with van der Waals surface area (Å²) in [5, 5.41) is 7.17. The molecule has 4 aromatic rings. The molecule has 0 amide bonds. The van der Waals surface area contributed by atoms with E-state index in [0.717, 1.165) is 34.8 Å². The number of rotatable bonds is 6. The molecule has 5 rings (SSSR count). The number of hydrogen-bond acceptors (Lipinski definition) is 4. The van der Waals surface area contributed by atoms with Crippen molar-refractivity contribution in [1.29, 1.82) is 0 Å². The van der Waals surface area contributed by atoms with Gasteiger partial charge in [0.1, 0.15) is 5.75 Å². The van der Waals surface area contributed by atoms with E-state index in [1.807, 2.05) is 36.5 Å². The Labute approximate surface area is 194 Å². The Morgan fingerprint density at radius 1 is 0.818 bits per heavy atom. The highest BCUT2D eigenvalue weighted by Gasteiger charge is 2.29. The highest BCUT2D eigenvalue weighted by Crippen LogP contribution is 2.36. The smallest absolute Gasteiger partial charge is 0.119 e. The summed E-state index contributed by atoms with van der Waals surface area (Å²) in [4.78, 5) is 4.57. The molecule has 1 heterocycles. The minimum Gasteiger partial charge on any atom is -0.497 e. The second kappa shape index (κ2) is 9.53. The van der Waals surface area contributed by atoms with E-state index < -0.39 is 0 Å². The molecular formula is C29H25N3O. The van der Waals surface area contributed by atoms with Gasteiger partial charge in [-0.2, -0.15) is 5.10 Å². The summed E-state index contributed by atoms with van der Waals surface area (Å²) in [5.74, 6) is 0.826. The van der Waals surface area contributed by atoms with Gasteiger partial charge in [0.15, 0.2) is 0 Å². The van der Waals surface area contributed by atoms with Gasteiger partial charge in [-0.1, -0.05) is 72.8 Å². The number of ether oxygens (including phenoxy) is 1. The van der Waals surface area contributed by atoms with Gasteiger partial charge in [0.25, 0.3) is 0 Å². The van der Waals surface area contributed by atoms with E-state index in [1.54, 1.807) is 7.11 Å². The summed E-state index contributed by atoms with van der Waals surface area (Å²) < 4.78 is 5.20. The van der Waals surface area contributed by atoms with Crippen molar-refractivity contribution in [2.45, 2.75) is 12.5 Å². The normalized spacial score (nSPS) is 15.6. The minimum absolute atomic E-state index is 0.167. The number of anilines is 1. The molecule has 33 heavy (non-hydrogen) atoms. The van der Waals surface area contributed by atoms with Crippen LogP contribution in [-0.4, -0.2) is 19.0 Å². The van der Waals surface area contributed by atoms with Crippen molar-refractivity contribution in [3.05, 3.63) is 126 Å². The minimum atomic E-state index is 0.167. The predicted molar refractivity (Wildman–Crippen MR) is 136 cm³/mol. The maximum atomic E-state index is 5.20. The zero-order valence-corrected chi connectivity index (χ0v) is 18.5. The molecule has 0 bridgehead atoms. The number of nitrogens with zero attached hydrogens (tertiary/aromatic N) is 3. The van der Waals surface area contributed by atoms with E-state index in [9.17, 15) is 0 Å². The molecule has 162 valence electrons. The SMILES string of the molecule is COc1ccc(N=Cc2ccc(N3N=C(c4ccccc4)CC3c3ccccc3)cc2)cc1. The van der Waals surface area contributed by atoms with Crippen LogP contribution in [0.4, 0.5) is 11.4 Å². The number of aliphatic imine (C=N–C) groups is 1. The van der Waals surface area contributed by atoms with E-state index in [0.29, 0.717) is 0 Å². The summed E-state index contributed by atoms with van der Waals surface area (Å²) in [6, 6.07) is 37.3. The van der Waals surface area contributed by atoms with E-state index >= 15 is 0 Å². The van der Waals surface area contributed by atoms with Crippen LogP contribution in [0, 0.1) is 0 Å². The zero-order valence-electron chi connectivity index (χ0n) is 18.5. The molecule has 0 fully saturated rings. The van der Waals surface area contributed by atoms with Crippen LogP contribution in [0.5, 0.6) is 5.75 Å². The number of benzene rings is 4. The van der Waals surface area contributed by atoms with Crippen LogP contribution < -0.4 is 9.75 Å². The Morgan fingerprint density at radius 3 is 2.15 bits per heavy atom. The summed E-state index contributed by atoms with van der Waals surface area (Å²) in [7, 11) is 1.66. The second-order valence-electron chi connectivity index (χ2n) is 7.94. The Bertz CT molecular complexity index is 1250. The highest BCUT2D eigenvalue weighted by atomic mass is 16.5. The van der Waals surface area contributed by atoms with Crippen LogP contribution in [0.25, 0.3) is 0 Å². The average Bonchev–Trinajstić information content (AvgIpc) is 3.35. The van der Waals surface area contributed by atoms with Crippen molar-refractivity contribution in [2.75, 3.05) is 12.1 Å². The predicted octanol–water partition coefficient (Wildman–Crippen LogP) is 6.80. The fraction of sp³-hybridized carbons (Fsp3) is 0.103. The van der Waals surface area contributed by atoms with Crippen LogP contribution in [0.3, 0.4) is 0 Å². The van der Waals surface area contributed by atoms with Crippen molar-refractivity contribution < 1.29 is 4.74 Å². The molecule has 0 N–H and O–H groups in total. The molecule has 1 aliphatic rings. The quantitative estimate of drug-likeness (QED) is 0.315. The fourth-order valence-electron chi connectivity index (χ4n) is 4.02. The summed E-state index contributed by atoms with van der Waals surface area (Å²) >= 11 is 0. The van der Waals surface area contributed by atoms with Crippen LogP contribution in [0.15, 0.2) is 119 Å². The molecule has 1 unspecified atom stereocenters. The maximum Gasteiger partial charge on any atom is 0.119 e. The summed E-state index contributed by atoms with van der Waals surface area (Å²) in [5.41, 5.74) is 6.53. The van der Waals surface area contributed by atoms with Gasteiger partial charge in [-0.25, -0.2) is 0 Å². The van der Waals surface area contributed by atoms with Gasteiger partial charge in [-0.15, -0.1) is 0 Å². The Kier molecular flexibility index (Phi) is 5.98. The lowest BCUT2D eigenvalue weighted by Gasteiger charge is -2.24. The fourth-order valence-corrected chi connectivity index (χ4v) is 4.02. The standard InChI is InChI=1S/C29H25N3O/c1-33-27-18-14-25(15-19-27)30-21-22-12-16-26(17-13-22)32-29(24-10-6-3-7-11-24)20-28(31-32)23-8-4-2-5-9-23/h2-19,21,29H,20H2,1H3. The molecule has 4 nitrogen and oxygen atoms in total. The largest absolute Gasteiger partial charge is 0.497 e. The van der Waals surface area contributed by atoms with Crippen molar-refractivity contribution in [1.82, 2.24) is 0 Å². The number of methoxy groups -OCH3 is 1. The van der Waals surface area contributed by atoms with E-state index in [-0.39, 0.29) is 6.04 Å². The first-order chi connectivity index (χ1) is 16.3. The molecular weight excluding hydrogens is 406 g/mol. The van der Waals surface area contributed by atoms with Gasteiger partial charge in [0, 0.05) is 12.6 Å². The molecule has 4 heteroatoms. The molecule has 0 saturated carbocycles. The average molecular weight is 432 g/mol. The van der Waals surface area contributed by atoms with Crippen LogP contribution >= 0.6 is 0 Å². The van der Waals surface area contributed by atoms with Crippen molar-refractivity contribution in [3.8, 4) is 5.75 Å². The maximum absolute atomic E-state index is 5.20. The molecule has 1 aliphatic heterocycles. The van der Waals surface area contributed by atoms with Crippen LogP contribution in [-0.2, 0) is 0 Å². The number of hydrazone groups is 1. The number of hydrogen-bond donors (Lipinski definition) is 0. The van der Waals surface area contributed by atoms with Crippen molar-refractivity contribution in [3.63, 3.8) is 0 Å². The van der Waals surface area contributed by atoms with Gasteiger partial charge in [0.2, 0.25) is 0 Å². The molecule has 1 atom stereocenters. The highest BCUT2D eigenvalue weighted by molar-refractivity contribution is 6.03. The van der Waals surface area contributed by atoms with Gasteiger partial charge in [-0.3, -0.25) is 10.0 Å². The van der Waals surface area contributed by atoms with Crippen LogP contribution in [0.2, 0.25) is 0 Å². The monoisotopic (exact) mass is 431 g/mol. The molecule has 0 saturated heterocycles. The Balaban J connectivity index is 1.40. The van der Waals surface area contributed by atoms with Gasteiger partial charge in [-0.05, 0) is 53.1 Å². The van der Waals surface area contributed by atoms with Gasteiger partial charge < -0.3 is 4.74 Å². The van der Waals surface area contributed by atoms with Crippen molar-refractivity contribution in [2.24, 2.45) is 10.1 Å². The first kappa shape index (κ1) is 20.7. The lowest BCUT2D eigenvalue weighted by Crippen LogP contribution is -2.18. The summed E-state index contributed by atoms with van der Waals surface area (Å²) in [6.45, 7) is 0. The Hall–Kier alpha value is -4.18. The van der Waals surface area contributed by atoms with Gasteiger partial charge >= 0.3 is 0 Å². The first-order valence-electron chi connectivity index (χ1n) is 11.1. The first-order valence-corrected chi connectivity index (χ1v) is 11.1. The topological polar surface area (TPSA) is 37.2 Å². The lowest BCUT2D eigenvalue weighted by atomic mass is 9.98. The molecule has 0 aromatic heterocycles. The molecule has 0 spiro atoms. The van der Waals surface area contributed by atoms with E-state index in [2.05, 4.69) is 88.9 Å². The molecule has 0 radical (unpaired) electrons. The molecule has 0 aliphatic carbocycles. The second-order valence-corrected chi connectivity index (χ2v) is 7.94.